The number of alkyl halides is 3. The molecule has 1 fully saturated rings. The Morgan fingerprint density at radius 2 is 2.03 bits per heavy atom. The van der Waals surface area contributed by atoms with Crippen molar-refractivity contribution in [3.05, 3.63) is 40.2 Å². The number of thiazole rings is 1. The summed E-state index contributed by atoms with van der Waals surface area (Å²) in [6.07, 6.45) is 3.91. The monoisotopic (exact) mass is 526 g/mol. The van der Waals surface area contributed by atoms with E-state index >= 15 is 0 Å². The Hall–Kier alpha value is -3.26. The van der Waals surface area contributed by atoms with Crippen LogP contribution in [0.4, 0.5) is 13.2 Å². The van der Waals surface area contributed by atoms with Gasteiger partial charge in [-0.1, -0.05) is 22.9 Å². The van der Waals surface area contributed by atoms with E-state index in [0.29, 0.717) is 34.0 Å². The topological polar surface area (TPSA) is 113 Å². The van der Waals surface area contributed by atoms with E-state index < -0.39 is 12.8 Å². The van der Waals surface area contributed by atoms with Crippen LogP contribution in [0.1, 0.15) is 41.5 Å². The van der Waals surface area contributed by atoms with Crippen molar-refractivity contribution in [3.63, 3.8) is 0 Å². The molecule has 35 heavy (non-hydrogen) atoms. The Bertz CT molecular complexity index is 1340. The van der Waals surface area contributed by atoms with Crippen LogP contribution in [-0.2, 0) is 0 Å². The Morgan fingerprint density at radius 1 is 1.23 bits per heavy atom. The third-order valence-electron chi connectivity index (χ3n) is 5.54. The van der Waals surface area contributed by atoms with E-state index in [2.05, 4.69) is 30.5 Å². The maximum absolute atomic E-state index is 12.9. The number of halogens is 4. The molecule has 1 aliphatic carbocycles. The fourth-order valence-corrected chi connectivity index (χ4v) is 4.96. The van der Waals surface area contributed by atoms with Crippen molar-refractivity contribution < 1.29 is 22.7 Å². The third kappa shape index (κ3) is 5.22. The number of aromatic nitrogens is 7. The molecule has 4 heterocycles. The molecular formula is C20H18ClF3N8O2S. The second-order valence-electron chi connectivity index (χ2n) is 7.98. The number of fused-ring (bicyclic) bond motifs is 1. The highest BCUT2D eigenvalue weighted by Gasteiger charge is 2.33. The maximum atomic E-state index is 12.9. The number of amides is 1. The number of carbonyl (C=O) groups is 1. The zero-order chi connectivity index (χ0) is 24.6. The van der Waals surface area contributed by atoms with Gasteiger partial charge in [0.2, 0.25) is 0 Å². The van der Waals surface area contributed by atoms with Gasteiger partial charge in [-0.25, -0.2) is 9.97 Å². The standard InChI is InChI=1S/C20H18ClF3N8O2S/c21-15-9-26-18(35-15)17(33)29-11-2-1-3-12(6-11)31-14-7-16(32-27-4-5-28-32)25-8-13(14)30-19(31)34-10-20(22,23)24/h4-5,7-9,11-12H,1-3,6,10H2,(H,29,33)/t11-,12?/m0/s1. The van der Waals surface area contributed by atoms with Gasteiger partial charge in [0.1, 0.15) is 9.85 Å². The fraction of sp³-hybridized carbons (Fsp3) is 0.400. The number of nitrogens with one attached hydrogen (secondary N) is 1. The Morgan fingerprint density at radius 3 is 2.74 bits per heavy atom. The summed E-state index contributed by atoms with van der Waals surface area (Å²) in [7, 11) is 0. The summed E-state index contributed by atoms with van der Waals surface area (Å²) in [5.41, 5.74) is 0.912. The van der Waals surface area contributed by atoms with Gasteiger partial charge in [-0.05, 0) is 25.7 Å². The first-order valence-electron chi connectivity index (χ1n) is 10.6. The molecule has 0 aromatic carbocycles. The molecule has 1 N–H and O–H groups in total. The van der Waals surface area contributed by atoms with Crippen molar-refractivity contribution in [2.75, 3.05) is 6.61 Å². The second-order valence-corrected chi connectivity index (χ2v) is 9.64. The van der Waals surface area contributed by atoms with Crippen molar-refractivity contribution in [2.24, 2.45) is 0 Å². The SMILES string of the molecule is O=C(N[C@H]1CCCC(n2c(OCC(F)(F)F)nc3cnc(-n4nccn4)cc32)C1)c1ncc(Cl)s1. The minimum Gasteiger partial charge on any atom is -0.455 e. The van der Waals surface area contributed by atoms with Gasteiger partial charge in [0.25, 0.3) is 11.9 Å². The van der Waals surface area contributed by atoms with Gasteiger partial charge in [-0.3, -0.25) is 9.36 Å². The molecule has 0 bridgehead atoms. The molecule has 0 radical (unpaired) electrons. The molecular weight excluding hydrogens is 509 g/mol. The normalized spacial score (nSPS) is 18.6. The van der Waals surface area contributed by atoms with Crippen LogP contribution in [-0.4, -0.2) is 59.2 Å². The van der Waals surface area contributed by atoms with Gasteiger partial charge in [0.15, 0.2) is 17.4 Å². The first-order valence-corrected chi connectivity index (χ1v) is 11.8. The lowest BCUT2D eigenvalue weighted by Crippen LogP contribution is -2.39. The van der Waals surface area contributed by atoms with Crippen LogP contribution >= 0.6 is 22.9 Å². The zero-order valence-corrected chi connectivity index (χ0v) is 19.5. The van der Waals surface area contributed by atoms with Gasteiger partial charge in [0, 0.05) is 18.2 Å². The highest BCUT2D eigenvalue weighted by atomic mass is 35.5. The number of carbonyl (C=O) groups excluding carboxylic acids is 1. The van der Waals surface area contributed by atoms with Crippen LogP contribution in [0.25, 0.3) is 16.9 Å². The molecule has 0 spiro atoms. The van der Waals surface area contributed by atoms with E-state index in [-0.39, 0.29) is 29.0 Å². The summed E-state index contributed by atoms with van der Waals surface area (Å²) in [4.78, 5) is 26.4. The number of hydrogen-bond donors (Lipinski definition) is 1. The van der Waals surface area contributed by atoms with Gasteiger partial charge in [0.05, 0.1) is 30.3 Å². The lowest BCUT2D eigenvalue weighted by Gasteiger charge is -2.31. The average molecular weight is 527 g/mol. The molecule has 4 aromatic heterocycles. The molecule has 1 unspecified atom stereocenters. The predicted molar refractivity (Wildman–Crippen MR) is 120 cm³/mol. The molecule has 0 saturated heterocycles. The number of hydrogen-bond acceptors (Lipinski definition) is 8. The van der Waals surface area contributed by atoms with E-state index in [1.54, 1.807) is 10.6 Å². The number of rotatable bonds is 6. The highest BCUT2D eigenvalue weighted by molar-refractivity contribution is 7.17. The molecule has 4 aromatic rings. The van der Waals surface area contributed by atoms with Crippen LogP contribution in [0.2, 0.25) is 4.34 Å². The summed E-state index contributed by atoms with van der Waals surface area (Å²) in [6, 6.07) is 1.00. The average Bonchev–Trinajstić information content (AvgIpc) is 3.56. The van der Waals surface area contributed by atoms with E-state index in [9.17, 15) is 18.0 Å². The Kier molecular flexibility index (Phi) is 6.32. The van der Waals surface area contributed by atoms with E-state index in [1.807, 2.05) is 0 Å². The van der Waals surface area contributed by atoms with Gasteiger partial charge in [-0.15, -0.1) is 4.80 Å². The summed E-state index contributed by atoms with van der Waals surface area (Å²) < 4.78 is 46.0. The van der Waals surface area contributed by atoms with E-state index in [4.69, 9.17) is 16.3 Å². The lowest BCUT2D eigenvalue weighted by atomic mass is 9.90. The largest absolute Gasteiger partial charge is 0.455 e. The first kappa shape index (κ1) is 23.5. The van der Waals surface area contributed by atoms with Gasteiger partial charge < -0.3 is 10.1 Å². The highest BCUT2D eigenvalue weighted by Crippen LogP contribution is 2.36. The Balaban J connectivity index is 1.46. The van der Waals surface area contributed by atoms with Gasteiger partial charge >= 0.3 is 6.18 Å². The minimum absolute atomic E-state index is 0.159. The third-order valence-corrected chi connectivity index (χ3v) is 6.65. The molecule has 1 aliphatic rings. The molecule has 1 saturated carbocycles. The van der Waals surface area contributed by atoms with Crippen molar-refractivity contribution in [1.82, 2.24) is 39.8 Å². The fourth-order valence-electron chi connectivity index (χ4n) is 4.15. The molecule has 0 aliphatic heterocycles. The van der Waals surface area contributed by atoms with Crippen LogP contribution in [0, 0.1) is 0 Å². The van der Waals surface area contributed by atoms with E-state index in [0.717, 1.165) is 24.2 Å². The van der Waals surface area contributed by atoms with Crippen molar-refractivity contribution in [2.45, 2.75) is 43.9 Å². The molecule has 1 amide bonds. The number of nitrogens with zero attached hydrogens (tertiary/aromatic N) is 7. The van der Waals surface area contributed by atoms with Gasteiger partial charge in [-0.2, -0.15) is 28.4 Å². The molecule has 2 atom stereocenters. The van der Waals surface area contributed by atoms with Crippen molar-refractivity contribution >= 4 is 39.9 Å². The van der Waals surface area contributed by atoms with Crippen molar-refractivity contribution in [3.8, 4) is 11.8 Å². The van der Waals surface area contributed by atoms with Crippen LogP contribution in [0.5, 0.6) is 6.01 Å². The summed E-state index contributed by atoms with van der Waals surface area (Å²) in [6.45, 7) is -1.48. The van der Waals surface area contributed by atoms with Crippen LogP contribution < -0.4 is 10.1 Å². The summed E-state index contributed by atoms with van der Waals surface area (Å²) in [5, 5.41) is 11.3. The summed E-state index contributed by atoms with van der Waals surface area (Å²) in [5.74, 6) is 0.0418. The Labute approximate surface area is 205 Å². The molecule has 184 valence electrons. The molecule has 10 nitrogen and oxygen atoms in total. The zero-order valence-electron chi connectivity index (χ0n) is 17.9. The number of imidazole rings is 1. The molecule has 5 rings (SSSR count). The van der Waals surface area contributed by atoms with Crippen molar-refractivity contribution in [1.29, 1.82) is 0 Å². The lowest BCUT2D eigenvalue weighted by molar-refractivity contribution is -0.155. The maximum Gasteiger partial charge on any atom is 0.422 e. The predicted octanol–water partition coefficient (Wildman–Crippen LogP) is 3.98. The number of ether oxygens (including phenoxy) is 1. The molecule has 15 heteroatoms. The van der Waals surface area contributed by atoms with Crippen LogP contribution in [0.15, 0.2) is 30.9 Å². The van der Waals surface area contributed by atoms with Crippen LogP contribution in [0.3, 0.4) is 0 Å². The smallest absolute Gasteiger partial charge is 0.422 e. The van der Waals surface area contributed by atoms with E-state index in [1.165, 1.54) is 29.6 Å². The second kappa shape index (κ2) is 9.41. The first-order chi connectivity index (χ1) is 16.8. The summed E-state index contributed by atoms with van der Waals surface area (Å²) >= 11 is 6.95. The quantitative estimate of drug-likeness (QED) is 0.404. The number of pyridine rings is 1. The minimum atomic E-state index is -4.52.